The predicted octanol–water partition coefficient (Wildman–Crippen LogP) is 3.15. The average molecular weight is 263 g/mol. The Labute approximate surface area is 115 Å². The molecular weight excluding hydrogens is 250 g/mol. The van der Waals surface area contributed by atoms with E-state index >= 15 is 0 Å². The van der Waals surface area contributed by atoms with E-state index in [1.165, 1.54) is 10.9 Å². The molecule has 0 radical (unpaired) electrons. The summed E-state index contributed by atoms with van der Waals surface area (Å²) >= 11 is 0. The summed E-state index contributed by atoms with van der Waals surface area (Å²) in [5.41, 5.74) is 7.33. The number of benzene rings is 1. The third kappa shape index (κ3) is 1.73. The van der Waals surface area contributed by atoms with Crippen LogP contribution in [0, 0.1) is 0 Å². The maximum Gasteiger partial charge on any atom is 0.154 e. The van der Waals surface area contributed by atoms with Crippen LogP contribution in [0.2, 0.25) is 0 Å². The van der Waals surface area contributed by atoms with Gasteiger partial charge in [0.15, 0.2) is 5.76 Å². The first-order chi connectivity index (χ1) is 9.92. The first-order valence-corrected chi connectivity index (χ1v) is 6.53. The van der Waals surface area contributed by atoms with E-state index in [9.17, 15) is 0 Å². The second-order valence-corrected chi connectivity index (χ2v) is 4.73. The van der Waals surface area contributed by atoms with E-state index < -0.39 is 0 Å². The van der Waals surface area contributed by atoms with Crippen LogP contribution >= 0.6 is 0 Å². The van der Waals surface area contributed by atoms with Gasteiger partial charge in [-0.25, -0.2) is 0 Å². The number of hydrogen-bond acceptors (Lipinski definition) is 3. The summed E-state index contributed by atoms with van der Waals surface area (Å²) < 4.78 is 5.43. The molecule has 0 bridgehead atoms. The molecule has 0 aliphatic carbocycles. The fourth-order valence-corrected chi connectivity index (χ4v) is 2.51. The van der Waals surface area contributed by atoms with Gasteiger partial charge in [-0.2, -0.15) is 5.10 Å². The monoisotopic (exact) mass is 263 g/mol. The normalized spacial score (nSPS) is 16.6. The molecule has 0 atom stereocenters. The average Bonchev–Trinajstić information content (AvgIpc) is 3.19. The van der Waals surface area contributed by atoms with Crippen molar-refractivity contribution in [1.82, 2.24) is 10.4 Å². The van der Waals surface area contributed by atoms with Crippen LogP contribution in [-0.2, 0) is 0 Å². The third-order valence-corrected chi connectivity index (χ3v) is 3.47. The fraction of sp³-hybridized carbons (Fsp3) is 0.0625. The Morgan fingerprint density at radius 1 is 1.15 bits per heavy atom. The highest BCUT2D eigenvalue weighted by Gasteiger charge is 2.18. The van der Waals surface area contributed by atoms with E-state index in [2.05, 4.69) is 33.7 Å². The van der Waals surface area contributed by atoms with Crippen molar-refractivity contribution in [2.24, 2.45) is 5.10 Å². The molecule has 98 valence electrons. The maximum atomic E-state index is 5.43. The summed E-state index contributed by atoms with van der Waals surface area (Å²) in [6.45, 7) is 0.718. The number of aromatic nitrogens is 1. The van der Waals surface area contributed by atoms with Gasteiger partial charge >= 0.3 is 0 Å². The number of nitrogens with zero attached hydrogens (tertiary/aromatic N) is 1. The Bertz CT molecular complexity index is 809. The van der Waals surface area contributed by atoms with Gasteiger partial charge in [0.25, 0.3) is 0 Å². The van der Waals surface area contributed by atoms with Crippen LogP contribution in [0.25, 0.3) is 17.0 Å². The summed E-state index contributed by atoms with van der Waals surface area (Å²) in [6, 6.07) is 12.1. The minimum atomic E-state index is 0.718. The summed E-state index contributed by atoms with van der Waals surface area (Å²) in [5.74, 6) is 0.793. The lowest BCUT2D eigenvalue weighted by Gasteiger charge is -1.99. The molecule has 0 fully saturated rings. The number of hydrazone groups is 1. The Balaban J connectivity index is 1.79. The molecule has 2 N–H and O–H groups in total. The molecule has 3 aromatic rings. The molecule has 4 nitrogen and oxygen atoms in total. The molecule has 3 heterocycles. The molecule has 1 aliphatic rings. The van der Waals surface area contributed by atoms with Gasteiger partial charge < -0.3 is 14.8 Å². The summed E-state index contributed by atoms with van der Waals surface area (Å²) in [7, 11) is 0. The number of fused-ring (bicyclic) bond motifs is 1. The van der Waals surface area contributed by atoms with Crippen LogP contribution in [0.15, 0.2) is 63.9 Å². The Kier molecular flexibility index (Phi) is 2.45. The lowest BCUT2D eigenvalue weighted by Crippen LogP contribution is -2.03. The van der Waals surface area contributed by atoms with Crippen LogP contribution in [0.3, 0.4) is 0 Å². The minimum Gasteiger partial charge on any atom is -0.463 e. The molecule has 4 heteroatoms. The number of aromatic amines is 1. The van der Waals surface area contributed by atoms with Crippen molar-refractivity contribution in [2.45, 2.75) is 0 Å². The highest BCUT2D eigenvalue weighted by molar-refractivity contribution is 6.15. The second-order valence-electron chi connectivity index (χ2n) is 4.73. The zero-order chi connectivity index (χ0) is 13.4. The van der Waals surface area contributed by atoms with Gasteiger partial charge in [-0.1, -0.05) is 18.2 Å². The van der Waals surface area contributed by atoms with Crippen molar-refractivity contribution in [3.8, 4) is 0 Å². The first-order valence-electron chi connectivity index (χ1n) is 6.53. The van der Waals surface area contributed by atoms with E-state index in [4.69, 9.17) is 4.42 Å². The van der Waals surface area contributed by atoms with E-state index in [1.807, 2.05) is 30.5 Å². The topological polar surface area (TPSA) is 53.3 Å². The van der Waals surface area contributed by atoms with E-state index in [1.54, 1.807) is 6.26 Å². The molecule has 0 amide bonds. The Morgan fingerprint density at radius 3 is 3.00 bits per heavy atom. The van der Waals surface area contributed by atoms with Crippen LogP contribution in [0.1, 0.15) is 11.3 Å². The number of hydrogen-bond donors (Lipinski definition) is 2. The summed E-state index contributed by atoms with van der Waals surface area (Å²) in [4.78, 5) is 3.28. The van der Waals surface area contributed by atoms with E-state index in [0.717, 1.165) is 29.1 Å². The molecule has 1 aromatic carbocycles. The molecule has 0 saturated heterocycles. The first kappa shape index (κ1) is 11.1. The second kappa shape index (κ2) is 4.42. The molecule has 4 rings (SSSR count). The number of furan rings is 1. The Hall–Kier alpha value is -2.75. The standard InChI is InChI=1S/C16H13N3O/c1-2-5-14-13(4-1)11(9-17-14)8-12-10-18-19-16(12)15-6-3-7-20-15/h1-9,17-18H,10H2. The zero-order valence-electron chi connectivity index (χ0n) is 10.8. The molecule has 1 aliphatic heterocycles. The maximum absolute atomic E-state index is 5.43. The number of H-pyrrole nitrogens is 1. The lowest BCUT2D eigenvalue weighted by atomic mass is 10.1. The molecule has 0 spiro atoms. The minimum absolute atomic E-state index is 0.718. The molecule has 2 aromatic heterocycles. The highest BCUT2D eigenvalue weighted by Crippen LogP contribution is 2.23. The molecular formula is C16H13N3O. The van der Waals surface area contributed by atoms with Gasteiger partial charge in [-0.15, -0.1) is 0 Å². The molecule has 0 saturated carbocycles. The Morgan fingerprint density at radius 2 is 2.10 bits per heavy atom. The van der Waals surface area contributed by atoms with Crippen LogP contribution < -0.4 is 5.43 Å². The quantitative estimate of drug-likeness (QED) is 0.746. The zero-order valence-corrected chi connectivity index (χ0v) is 10.8. The smallest absolute Gasteiger partial charge is 0.154 e. The summed E-state index contributed by atoms with van der Waals surface area (Å²) in [5, 5.41) is 5.53. The largest absolute Gasteiger partial charge is 0.463 e. The van der Waals surface area contributed by atoms with E-state index in [0.29, 0.717) is 0 Å². The third-order valence-electron chi connectivity index (χ3n) is 3.47. The molecule has 0 unspecified atom stereocenters. The number of nitrogens with one attached hydrogen (secondary N) is 2. The van der Waals surface area contributed by atoms with Crippen molar-refractivity contribution in [1.29, 1.82) is 0 Å². The van der Waals surface area contributed by atoms with Crippen LogP contribution in [0.4, 0.5) is 0 Å². The van der Waals surface area contributed by atoms with Gasteiger partial charge in [0.2, 0.25) is 0 Å². The van der Waals surface area contributed by atoms with Crippen LogP contribution in [0.5, 0.6) is 0 Å². The van der Waals surface area contributed by atoms with Gasteiger partial charge in [0.05, 0.1) is 12.8 Å². The molecule has 20 heavy (non-hydrogen) atoms. The van der Waals surface area contributed by atoms with Crippen LogP contribution in [-0.4, -0.2) is 17.2 Å². The van der Waals surface area contributed by atoms with Crippen molar-refractivity contribution < 1.29 is 4.42 Å². The van der Waals surface area contributed by atoms with Crippen molar-refractivity contribution in [3.05, 3.63) is 65.8 Å². The van der Waals surface area contributed by atoms with Gasteiger partial charge in [0.1, 0.15) is 5.71 Å². The SMILES string of the molecule is C(=C1CNN=C1c1ccco1)c1c[nH]c2ccccc12. The van der Waals surface area contributed by atoms with E-state index in [-0.39, 0.29) is 0 Å². The summed E-state index contributed by atoms with van der Waals surface area (Å²) in [6.07, 6.45) is 5.84. The van der Waals surface area contributed by atoms with Gasteiger partial charge in [0, 0.05) is 28.2 Å². The lowest BCUT2D eigenvalue weighted by molar-refractivity contribution is 0.558. The highest BCUT2D eigenvalue weighted by atomic mass is 16.3. The van der Waals surface area contributed by atoms with Crippen molar-refractivity contribution in [2.75, 3.05) is 6.54 Å². The van der Waals surface area contributed by atoms with Crippen molar-refractivity contribution in [3.63, 3.8) is 0 Å². The predicted molar refractivity (Wildman–Crippen MR) is 79.5 cm³/mol. The van der Waals surface area contributed by atoms with Gasteiger partial charge in [-0.3, -0.25) is 0 Å². The number of para-hydroxylation sites is 1. The van der Waals surface area contributed by atoms with Gasteiger partial charge in [-0.05, 0) is 24.3 Å². The number of rotatable bonds is 2. The van der Waals surface area contributed by atoms with Crippen molar-refractivity contribution >= 4 is 22.7 Å². The fourth-order valence-electron chi connectivity index (χ4n) is 2.51.